The normalized spacial score (nSPS) is 10.1. The lowest BCUT2D eigenvalue weighted by atomic mass is 10.2. The molecule has 1 heterocycles. The number of benzene rings is 1. The van der Waals surface area contributed by atoms with Crippen LogP contribution in [0.4, 0.5) is 11.4 Å². The first-order valence-corrected chi connectivity index (χ1v) is 5.45. The van der Waals surface area contributed by atoms with Crippen molar-refractivity contribution in [1.82, 2.24) is 9.36 Å². The standard InChI is InChI=1S/C10H12N4OS/c1-14(2)7-3-4-8(11)9(5-7)15-10-12-6-13-16-10/h3-6H,11H2,1-2H3. The summed E-state index contributed by atoms with van der Waals surface area (Å²) in [7, 11) is 3.92. The zero-order valence-corrected chi connectivity index (χ0v) is 9.86. The molecule has 0 fully saturated rings. The van der Waals surface area contributed by atoms with Gasteiger partial charge in [0.1, 0.15) is 6.33 Å². The molecule has 6 heteroatoms. The summed E-state index contributed by atoms with van der Waals surface area (Å²) in [6, 6.07) is 5.62. The van der Waals surface area contributed by atoms with Crippen LogP contribution in [0.3, 0.4) is 0 Å². The van der Waals surface area contributed by atoms with E-state index in [1.54, 1.807) is 0 Å². The fraction of sp³-hybridized carbons (Fsp3) is 0.200. The van der Waals surface area contributed by atoms with Crippen LogP contribution >= 0.6 is 11.5 Å². The maximum atomic E-state index is 5.82. The molecule has 1 aromatic carbocycles. The Morgan fingerprint density at radius 3 is 2.81 bits per heavy atom. The molecule has 0 radical (unpaired) electrons. The van der Waals surface area contributed by atoms with Crippen LogP contribution in [0.2, 0.25) is 0 Å². The molecule has 0 saturated heterocycles. The zero-order chi connectivity index (χ0) is 11.5. The van der Waals surface area contributed by atoms with Gasteiger partial charge in [-0.15, -0.1) is 0 Å². The van der Waals surface area contributed by atoms with Gasteiger partial charge in [-0.3, -0.25) is 0 Å². The van der Waals surface area contributed by atoms with Crippen molar-refractivity contribution >= 4 is 22.9 Å². The number of anilines is 2. The summed E-state index contributed by atoms with van der Waals surface area (Å²) < 4.78 is 9.39. The number of rotatable bonds is 3. The minimum absolute atomic E-state index is 0.489. The first kappa shape index (κ1) is 10.7. The molecular weight excluding hydrogens is 224 g/mol. The fourth-order valence-corrected chi connectivity index (χ4v) is 1.60. The second-order valence-corrected chi connectivity index (χ2v) is 4.17. The molecular formula is C10H12N4OS. The summed E-state index contributed by atoms with van der Waals surface area (Å²) in [5, 5.41) is 0.489. The maximum Gasteiger partial charge on any atom is 0.298 e. The molecule has 16 heavy (non-hydrogen) atoms. The van der Waals surface area contributed by atoms with Crippen LogP contribution in [-0.4, -0.2) is 23.5 Å². The second kappa shape index (κ2) is 4.36. The van der Waals surface area contributed by atoms with E-state index in [9.17, 15) is 0 Å². The van der Waals surface area contributed by atoms with Crippen LogP contribution in [0, 0.1) is 0 Å². The predicted octanol–water partition coefficient (Wildman–Crippen LogP) is 1.98. The van der Waals surface area contributed by atoms with Gasteiger partial charge in [0.05, 0.1) is 5.69 Å². The summed E-state index contributed by atoms with van der Waals surface area (Å²) in [4.78, 5) is 5.92. The molecule has 2 aromatic rings. The number of nitrogen functional groups attached to an aromatic ring is 1. The van der Waals surface area contributed by atoms with E-state index in [4.69, 9.17) is 10.5 Å². The average Bonchev–Trinajstić information content (AvgIpc) is 2.73. The van der Waals surface area contributed by atoms with Crippen molar-refractivity contribution in [1.29, 1.82) is 0 Å². The molecule has 5 nitrogen and oxygen atoms in total. The first-order valence-electron chi connectivity index (χ1n) is 4.68. The van der Waals surface area contributed by atoms with Crippen molar-refractivity contribution < 1.29 is 4.74 Å². The molecule has 0 unspecified atom stereocenters. The smallest absolute Gasteiger partial charge is 0.298 e. The SMILES string of the molecule is CN(C)c1ccc(N)c(Oc2ncns2)c1. The molecule has 2 N–H and O–H groups in total. The summed E-state index contributed by atoms with van der Waals surface area (Å²) in [5.41, 5.74) is 7.43. The third kappa shape index (κ3) is 2.22. The van der Waals surface area contributed by atoms with Gasteiger partial charge in [0, 0.05) is 37.4 Å². The van der Waals surface area contributed by atoms with Crippen LogP contribution in [0.15, 0.2) is 24.5 Å². The van der Waals surface area contributed by atoms with E-state index < -0.39 is 0 Å². The Morgan fingerprint density at radius 1 is 1.38 bits per heavy atom. The van der Waals surface area contributed by atoms with E-state index in [2.05, 4.69) is 9.36 Å². The maximum absolute atomic E-state index is 5.82. The second-order valence-electron chi connectivity index (χ2n) is 3.43. The predicted molar refractivity (Wildman–Crippen MR) is 65.2 cm³/mol. The Bertz CT molecular complexity index is 470. The monoisotopic (exact) mass is 236 g/mol. The van der Waals surface area contributed by atoms with Gasteiger partial charge in [0.15, 0.2) is 5.75 Å². The summed E-state index contributed by atoms with van der Waals surface area (Å²) in [6.07, 6.45) is 1.45. The van der Waals surface area contributed by atoms with Crippen LogP contribution < -0.4 is 15.4 Å². The van der Waals surface area contributed by atoms with Crippen LogP contribution in [0.25, 0.3) is 0 Å². The lowest BCUT2D eigenvalue weighted by Gasteiger charge is -2.14. The Morgan fingerprint density at radius 2 is 2.19 bits per heavy atom. The lowest BCUT2D eigenvalue weighted by molar-refractivity contribution is 0.481. The van der Waals surface area contributed by atoms with Crippen LogP contribution in [0.1, 0.15) is 0 Å². The highest BCUT2D eigenvalue weighted by Gasteiger charge is 2.06. The van der Waals surface area contributed by atoms with Gasteiger partial charge in [0.2, 0.25) is 0 Å². The molecule has 0 aliphatic carbocycles. The molecule has 84 valence electrons. The van der Waals surface area contributed by atoms with Gasteiger partial charge in [-0.2, -0.15) is 9.36 Å². The highest BCUT2D eigenvalue weighted by Crippen LogP contribution is 2.31. The third-order valence-corrected chi connectivity index (χ3v) is 2.60. The number of hydrogen-bond acceptors (Lipinski definition) is 6. The van der Waals surface area contributed by atoms with Crippen molar-refractivity contribution in [3.8, 4) is 10.9 Å². The minimum Gasteiger partial charge on any atom is -0.428 e. The Balaban J connectivity index is 2.29. The zero-order valence-electron chi connectivity index (χ0n) is 9.04. The van der Waals surface area contributed by atoms with E-state index in [1.165, 1.54) is 17.9 Å². The summed E-state index contributed by atoms with van der Waals surface area (Å²) in [6.45, 7) is 0. The molecule has 2 rings (SSSR count). The molecule has 0 aliphatic rings. The Labute approximate surface area is 97.7 Å². The molecule has 0 atom stereocenters. The summed E-state index contributed by atoms with van der Waals surface area (Å²) in [5.74, 6) is 0.600. The fourth-order valence-electron chi connectivity index (χ4n) is 1.19. The van der Waals surface area contributed by atoms with E-state index >= 15 is 0 Å². The molecule has 0 spiro atoms. The van der Waals surface area contributed by atoms with E-state index in [0.29, 0.717) is 16.6 Å². The molecule has 0 amide bonds. The van der Waals surface area contributed by atoms with Crippen molar-refractivity contribution in [3.63, 3.8) is 0 Å². The molecule has 0 aliphatic heterocycles. The average molecular weight is 236 g/mol. The van der Waals surface area contributed by atoms with Gasteiger partial charge in [-0.05, 0) is 12.1 Å². The Hall–Kier alpha value is -1.82. The minimum atomic E-state index is 0.489. The third-order valence-electron chi connectivity index (χ3n) is 2.05. The van der Waals surface area contributed by atoms with Gasteiger partial charge in [0.25, 0.3) is 5.19 Å². The summed E-state index contributed by atoms with van der Waals surface area (Å²) >= 11 is 1.19. The number of aromatic nitrogens is 2. The van der Waals surface area contributed by atoms with Crippen LogP contribution in [-0.2, 0) is 0 Å². The van der Waals surface area contributed by atoms with Crippen LogP contribution in [0.5, 0.6) is 10.9 Å². The van der Waals surface area contributed by atoms with Gasteiger partial charge in [-0.25, -0.2) is 0 Å². The molecule has 0 saturated carbocycles. The van der Waals surface area contributed by atoms with Gasteiger partial charge in [-0.1, -0.05) is 0 Å². The van der Waals surface area contributed by atoms with Crippen molar-refractivity contribution in [2.45, 2.75) is 0 Å². The molecule has 1 aromatic heterocycles. The quantitative estimate of drug-likeness (QED) is 0.825. The van der Waals surface area contributed by atoms with E-state index in [1.807, 2.05) is 37.2 Å². The van der Waals surface area contributed by atoms with Crippen molar-refractivity contribution in [3.05, 3.63) is 24.5 Å². The van der Waals surface area contributed by atoms with E-state index in [0.717, 1.165) is 5.69 Å². The Kier molecular flexibility index (Phi) is 2.91. The van der Waals surface area contributed by atoms with E-state index in [-0.39, 0.29) is 0 Å². The number of nitrogens with zero attached hydrogens (tertiary/aromatic N) is 3. The van der Waals surface area contributed by atoms with Crippen molar-refractivity contribution in [2.75, 3.05) is 24.7 Å². The topological polar surface area (TPSA) is 64.3 Å². The van der Waals surface area contributed by atoms with Crippen molar-refractivity contribution in [2.24, 2.45) is 0 Å². The highest BCUT2D eigenvalue weighted by molar-refractivity contribution is 7.07. The number of ether oxygens (including phenoxy) is 1. The highest BCUT2D eigenvalue weighted by atomic mass is 32.1. The lowest BCUT2D eigenvalue weighted by Crippen LogP contribution is -2.08. The number of hydrogen-bond donors (Lipinski definition) is 1. The number of nitrogens with two attached hydrogens (primary N) is 1. The largest absolute Gasteiger partial charge is 0.428 e. The van der Waals surface area contributed by atoms with Gasteiger partial charge >= 0.3 is 0 Å². The molecule has 0 bridgehead atoms. The first-order chi connectivity index (χ1) is 7.66. The van der Waals surface area contributed by atoms with Gasteiger partial charge < -0.3 is 15.4 Å².